The highest BCUT2D eigenvalue weighted by molar-refractivity contribution is 9.10. The number of likely N-dealkylation sites (tertiary alicyclic amines) is 1. The van der Waals surface area contributed by atoms with E-state index in [0.717, 1.165) is 31.4 Å². The molecule has 1 unspecified atom stereocenters. The molecule has 1 aliphatic heterocycles. The Morgan fingerprint density at radius 2 is 1.86 bits per heavy atom. The van der Waals surface area contributed by atoms with E-state index in [0.29, 0.717) is 55.4 Å². The van der Waals surface area contributed by atoms with Gasteiger partial charge in [0.25, 0.3) is 0 Å². The molecule has 2 aromatic carbocycles. The molecule has 0 radical (unpaired) electrons. The molecule has 1 atom stereocenters. The van der Waals surface area contributed by atoms with E-state index < -0.39 is 11.2 Å². The largest absolute Gasteiger partial charge is 0.506 e. The number of fused-ring (bicyclic) bond motifs is 1. The number of phenols is 1. The summed E-state index contributed by atoms with van der Waals surface area (Å²) >= 11 is 21.6. The molecule has 1 aromatic heterocycles. The van der Waals surface area contributed by atoms with Crippen molar-refractivity contribution in [2.45, 2.75) is 45.0 Å². The van der Waals surface area contributed by atoms with Gasteiger partial charge in [0.15, 0.2) is 0 Å². The minimum absolute atomic E-state index is 0. The van der Waals surface area contributed by atoms with E-state index in [4.69, 9.17) is 40.6 Å². The molecule has 190 valence electrons. The Bertz CT molecular complexity index is 1220. The van der Waals surface area contributed by atoms with Gasteiger partial charge >= 0.3 is 5.97 Å². The van der Waals surface area contributed by atoms with Gasteiger partial charge in [-0.1, -0.05) is 29.3 Å². The number of aromatic nitrogens is 1. The molecule has 10 heteroatoms. The van der Waals surface area contributed by atoms with Crippen LogP contribution in [0.2, 0.25) is 10.0 Å². The fourth-order valence-electron chi connectivity index (χ4n) is 4.82. The Kier molecular flexibility index (Phi) is 9.74. The summed E-state index contributed by atoms with van der Waals surface area (Å²) in [6.45, 7) is 7.02. The lowest BCUT2D eigenvalue weighted by Gasteiger charge is -2.19. The molecule has 0 spiro atoms. The van der Waals surface area contributed by atoms with Gasteiger partial charge in [-0.3, -0.25) is 4.90 Å². The molecular weight excluding hydrogens is 595 g/mol. The summed E-state index contributed by atoms with van der Waals surface area (Å²) in [5, 5.41) is 12.1. The van der Waals surface area contributed by atoms with Crippen LogP contribution in [0.25, 0.3) is 10.9 Å². The van der Waals surface area contributed by atoms with E-state index in [-0.39, 0.29) is 24.8 Å². The maximum absolute atomic E-state index is 13.5. The zero-order valence-electron chi connectivity index (χ0n) is 19.5. The number of ether oxygens (including phenoxy) is 1. The quantitative estimate of drug-likeness (QED) is 0.210. The van der Waals surface area contributed by atoms with Crippen molar-refractivity contribution >= 4 is 81.0 Å². The number of hydrogen-bond donors (Lipinski definition) is 2. The number of esters is 1. The van der Waals surface area contributed by atoms with Crippen molar-refractivity contribution in [1.29, 1.82) is 0 Å². The van der Waals surface area contributed by atoms with Crippen molar-refractivity contribution in [2.75, 3.05) is 19.7 Å². The smallest absolute Gasteiger partial charge is 0.340 e. The number of hydrogen-bond acceptors (Lipinski definition) is 5. The van der Waals surface area contributed by atoms with Crippen LogP contribution in [0.3, 0.4) is 0 Å². The molecule has 2 heterocycles. The number of halogens is 4. The van der Waals surface area contributed by atoms with Crippen LogP contribution in [0.5, 0.6) is 5.75 Å². The summed E-state index contributed by atoms with van der Waals surface area (Å²) in [5.41, 5.74) is 3.19. The molecule has 0 bridgehead atoms. The van der Waals surface area contributed by atoms with Crippen molar-refractivity contribution < 1.29 is 14.6 Å². The molecule has 3 aromatic rings. The fourth-order valence-corrected chi connectivity index (χ4v) is 6.59. The zero-order valence-corrected chi connectivity index (χ0v) is 24.3. The molecule has 0 aliphatic carbocycles. The summed E-state index contributed by atoms with van der Waals surface area (Å²) in [4.78, 5) is 15.8. The molecule has 0 amide bonds. The highest BCUT2D eigenvalue weighted by Crippen LogP contribution is 2.46. The van der Waals surface area contributed by atoms with Gasteiger partial charge in [-0.05, 0) is 73.9 Å². The lowest BCUT2D eigenvalue weighted by Crippen LogP contribution is -2.19. The number of rotatable bonds is 7. The number of phenolic OH excluding ortho intramolecular Hbond substituents is 1. The Hall–Kier alpha value is -1.09. The first kappa shape index (κ1) is 28.5. The normalized spacial score (nSPS) is 14.8. The number of carbonyl (C=O) groups is 1. The van der Waals surface area contributed by atoms with E-state index >= 15 is 0 Å². The Morgan fingerprint density at radius 1 is 1.23 bits per heavy atom. The standard InChI is InChI=1S/C25H27BrCl2N2O3S.ClH/c1-3-30-18-12-15(26)23(31)14(13-29-10-5-6-11-29)19(18)21(25(32)33-4-2)22(30)24(34)20-16(27)8-7-9-17(20)28;/h7-9,12,24,31,34H,3-6,10-11,13H2,1-2H3;1H. The predicted octanol–water partition coefficient (Wildman–Crippen LogP) is 7.65. The van der Waals surface area contributed by atoms with Crippen LogP contribution in [0.1, 0.15) is 59.1 Å². The average molecular weight is 623 g/mol. The molecule has 0 saturated carbocycles. The highest BCUT2D eigenvalue weighted by atomic mass is 79.9. The predicted molar refractivity (Wildman–Crippen MR) is 152 cm³/mol. The minimum atomic E-state index is -0.589. The number of thiol groups is 1. The van der Waals surface area contributed by atoms with Crippen LogP contribution in [0.4, 0.5) is 0 Å². The third-order valence-electron chi connectivity index (χ3n) is 6.33. The monoisotopic (exact) mass is 620 g/mol. The second kappa shape index (κ2) is 12.0. The van der Waals surface area contributed by atoms with Gasteiger partial charge in [0.05, 0.1) is 33.1 Å². The number of aromatic hydroxyl groups is 1. The third kappa shape index (κ3) is 5.32. The zero-order chi connectivity index (χ0) is 24.6. The first-order chi connectivity index (χ1) is 16.3. The van der Waals surface area contributed by atoms with E-state index in [9.17, 15) is 9.90 Å². The van der Waals surface area contributed by atoms with Crippen molar-refractivity contribution in [2.24, 2.45) is 0 Å². The lowest BCUT2D eigenvalue weighted by atomic mass is 10.00. The van der Waals surface area contributed by atoms with Gasteiger partial charge in [0.1, 0.15) is 5.75 Å². The summed E-state index contributed by atoms with van der Waals surface area (Å²) < 4.78 is 8.13. The molecule has 1 saturated heterocycles. The molecule has 35 heavy (non-hydrogen) atoms. The SMILES string of the molecule is CCOC(=O)c1c(C(S)c2c(Cl)cccc2Cl)n(CC)c2cc(Br)c(O)c(CN3CCCC3)c12.Cl. The first-order valence-electron chi connectivity index (χ1n) is 11.4. The number of nitrogens with zero attached hydrogens (tertiary/aromatic N) is 2. The van der Waals surface area contributed by atoms with Crippen molar-refractivity contribution in [1.82, 2.24) is 9.47 Å². The van der Waals surface area contributed by atoms with Gasteiger partial charge < -0.3 is 14.4 Å². The third-order valence-corrected chi connectivity index (χ3v) is 8.10. The second-order valence-electron chi connectivity index (χ2n) is 8.33. The first-order valence-corrected chi connectivity index (χ1v) is 13.4. The van der Waals surface area contributed by atoms with E-state index in [2.05, 4.69) is 20.8 Å². The van der Waals surface area contributed by atoms with Crippen LogP contribution < -0.4 is 0 Å². The molecular formula is C25H28BrCl3N2O3S. The topological polar surface area (TPSA) is 54.7 Å². The summed E-state index contributed by atoms with van der Waals surface area (Å²) in [5.74, 6) is -0.322. The Labute approximate surface area is 235 Å². The van der Waals surface area contributed by atoms with Gasteiger partial charge in [-0.25, -0.2) is 4.79 Å². The van der Waals surface area contributed by atoms with Gasteiger partial charge in [-0.2, -0.15) is 12.6 Å². The molecule has 1 N–H and O–H groups in total. The van der Waals surface area contributed by atoms with E-state index in [1.807, 2.05) is 17.6 Å². The highest BCUT2D eigenvalue weighted by Gasteiger charge is 2.33. The van der Waals surface area contributed by atoms with Crippen LogP contribution in [0, 0.1) is 0 Å². The van der Waals surface area contributed by atoms with Crippen molar-refractivity contribution in [3.05, 3.63) is 61.2 Å². The van der Waals surface area contributed by atoms with Crippen molar-refractivity contribution in [3.8, 4) is 5.75 Å². The molecule has 4 rings (SSSR count). The lowest BCUT2D eigenvalue weighted by molar-refractivity contribution is 0.0527. The summed E-state index contributed by atoms with van der Waals surface area (Å²) in [6.07, 6.45) is 2.24. The average Bonchev–Trinajstić information content (AvgIpc) is 3.42. The number of aryl methyl sites for hydroxylation is 1. The number of benzene rings is 2. The maximum Gasteiger partial charge on any atom is 0.340 e. The van der Waals surface area contributed by atoms with Gasteiger partial charge in [0.2, 0.25) is 0 Å². The van der Waals surface area contributed by atoms with Gasteiger partial charge in [-0.15, -0.1) is 12.4 Å². The Morgan fingerprint density at radius 3 is 2.43 bits per heavy atom. The molecule has 1 fully saturated rings. The summed E-state index contributed by atoms with van der Waals surface area (Å²) in [6, 6.07) is 7.15. The van der Waals surface area contributed by atoms with Gasteiger partial charge in [0, 0.05) is 39.6 Å². The van der Waals surface area contributed by atoms with Crippen LogP contribution in [-0.4, -0.2) is 40.2 Å². The second-order valence-corrected chi connectivity index (χ2v) is 10.5. The summed E-state index contributed by atoms with van der Waals surface area (Å²) in [7, 11) is 0. The van der Waals surface area contributed by atoms with E-state index in [1.165, 1.54) is 0 Å². The maximum atomic E-state index is 13.5. The van der Waals surface area contributed by atoms with Crippen LogP contribution in [0.15, 0.2) is 28.7 Å². The fraction of sp³-hybridized carbons (Fsp3) is 0.400. The molecule has 1 aliphatic rings. The van der Waals surface area contributed by atoms with E-state index in [1.54, 1.807) is 25.1 Å². The Balaban J connectivity index is 0.00000342. The molecule has 5 nitrogen and oxygen atoms in total. The van der Waals surface area contributed by atoms with Crippen molar-refractivity contribution in [3.63, 3.8) is 0 Å². The number of carbonyl (C=O) groups excluding carboxylic acids is 1. The van der Waals surface area contributed by atoms with Crippen LogP contribution >= 0.6 is 64.2 Å². The minimum Gasteiger partial charge on any atom is -0.506 e. The van der Waals surface area contributed by atoms with Crippen LogP contribution in [-0.2, 0) is 17.8 Å².